The van der Waals surface area contributed by atoms with Crippen LogP contribution in [0.15, 0.2) is 36.4 Å². The van der Waals surface area contributed by atoms with Crippen molar-refractivity contribution in [1.29, 1.82) is 10.5 Å². The van der Waals surface area contributed by atoms with Crippen LogP contribution in [0.1, 0.15) is 40.3 Å². The molecule has 2 aromatic rings. The van der Waals surface area contributed by atoms with Gasteiger partial charge in [0.05, 0.1) is 23.3 Å². The van der Waals surface area contributed by atoms with E-state index in [-0.39, 0.29) is 5.91 Å². The Hall–Kier alpha value is -3.15. The number of nitrogens with zero attached hydrogens (tertiary/aromatic N) is 3. The number of carbonyl (C=O) groups excluding carboxylic acids is 1. The van der Waals surface area contributed by atoms with Gasteiger partial charge in [0, 0.05) is 26.6 Å². The lowest BCUT2D eigenvalue weighted by molar-refractivity contribution is -0.129. The van der Waals surface area contributed by atoms with Crippen molar-refractivity contribution in [2.75, 3.05) is 13.1 Å². The van der Waals surface area contributed by atoms with Crippen LogP contribution >= 0.6 is 0 Å². The van der Waals surface area contributed by atoms with Crippen molar-refractivity contribution in [2.24, 2.45) is 0 Å². The van der Waals surface area contributed by atoms with E-state index in [2.05, 4.69) is 23.5 Å². The Morgan fingerprint density at radius 3 is 2.22 bits per heavy atom. The van der Waals surface area contributed by atoms with Crippen LogP contribution in [0.5, 0.6) is 0 Å². The van der Waals surface area contributed by atoms with Crippen LogP contribution in [-0.4, -0.2) is 23.9 Å². The second kappa shape index (κ2) is 8.49. The molecule has 2 aliphatic rings. The molecule has 0 bridgehead atoms. The third-order valence-electron chi connectivity index (χ3n) is 5.01. The summed E-state index contributed by atoms with van der Waals surface area (Å²) >= 11 is 0. The molecule has 5 heteroatoms. The Balaban J connectivity index is 0.000000159. The first kappa shape index (κ1) is 18.6. The number of fused-ring (bicyclic) bond motifs is 2. The molecule has 2 heterocycles. The monoisotopic (exact) mass is 358 g/mol. The number of rotatable bonds is 0. The molecule has 136 valence electrons. The van der Waals surface area contributed by atoms with E-state index in [0.717, 1.165) is 43.6 Å². The molecule has 0 fully saturated rings. The number of benzene rings is 2. The maximum absolute atomic E-state index is 11.2. The molecule has 2 aromatic carbocycles. The molecule has 5 nitrogen and oxygen atoms in total. The van der Waals surface area contributed by atoms with Gasteiger partial charge in [0.15, 0.2) is 0 Å². The van der Waals surface area contributed by atoms with E-state index in [9.17, 15) is 4.79 Å². The number of amides is 1. The molecule has 4 rings (SSSR count). The molecular formula is C22H22N4O. The van der Waals surface area contributed by atoms with E-state index < -0.39 is 0 Å². The molecule has 0 saturated heterocycles. The molecule has 0 radical (unpaired) electrons. The molecule has 1 amide bonds. The lowest BCUT2D eigenvalue weighted by Gasteiger charge is -2.27. The fraction of sp³-hybridized carbons (Fsp3) is 0.318. The van der Waals surface area contributed by atoms with E-state index in [0.29, 0.717) is 12.1 Å². The topological polar surface area (TPSA) is 79.9 Å². The molecule has 2 aliphatic heterocycles. The highest BCUT2D eigenvalue weighted by Crippen LogP contribution is 2.20. The van der Waals surface area contributed by atoms with Gasteiger partial charge in [-0.05, 0) is 65.9 Å². The van der Waals surface area contributed by atoms with Gasteiger partial charge in [0.25, 0.3) is 0 Å². The number of nitriles is 2. The van der Waals surface area contributed by atoms with E-state index >= 15 is 0 Å². The van der Waals surface area contributed by atoms with Crippen LogP contribution in [0.2, 0.25) is 0 Å². The van der Waals surface area contributed by atoms with Gasteiger partial charge in [-0.3, -0.25) is 4.79 Å². The Bertz CT molecular complexity index is 936. The zero-order valence-electron chi connectivity index (χ0n) is 15.5. The van der Waals surface area contributed by atoms with E-state index in [1.807, 2.05) is 35.2 Å². The third kappa shape index (κ3) is 4.53. The highest BCUT2D eigenvalue weighted by atomic mass is 16.2. The Labute approximate surface area is 159 Å². The van der Waals surface area contributed by atoms with Crippen molar-refractivity contribution >= 4 is 5.91 Å². The minimum atomic E-state index is 0.100. The van der Waals surface area contributed by atoms with Crippen LogP contribution in [-0.2, 0) is 30.7 Å². The second-order valence-electron chi connectivity index (χ2n) is 6.81. The summed E-state index contributed by atoms with van der Waals surface area (Å²) in [6, 6.07) is 15.9. The molecule has 0 atom stereocenters. The van der Waals surface area contributed by atoms with Crippen molar-refractivity contribution in [1.82, 2.24) is 10.2 Å². The van der Waals surface area contributed by atoms with Gasteiger partial charge in [-0.15, -0.1) is 0 Å². The van der Waals surface area contributed by atoms with Gasteiger partial charge in [-0.2, -0.15) is 10.5 Å². The number of nitrogens with one attached hydrogen (secondary N) is 1. The molecule has 27 heavy (non-hydrogen) atoms. The predicted molar refractivity (Wildman–Crippen MR) is 103 cm³/mol. The quantitative estimate of drug-likeness (QED) is 0.785. The Morgan fingerprint density at radius 2 is 1.59 bits per heavy atom. The largest absolute Gasteiger partial charge is 0.338 e. The molecule has 1 N–H and O–H groups in total. The summed E-state index contributed by atoms with van der Waals surface area (Å²) in [5.41, 5.74) is 6.45. The van der Waals surface area contributed by atoms with Gasteiger partial charge in [-0.1, -0.05) is 12.1 Å². The normalized spacial score (nSPS) is 14.6. The Morgan fingerprint density at radius 1 is 0.963 bits per heavy atom. The summed E-state index contributed by atoms with van der Waals surface area (Å²) in [6.07, 6.45) is 1.97. The van der Waals surface area contributed by atoms with Crippen molar-refractivity contribution in [3.63, 3.8) is 0 Å². The van der Waals surface area contributed by atoms with Crippen LogP contribution in [0.3, 0.4) is 0 Å². The molecule has 0 saturated carbocycles. The fourth-order valence-corrected chi connectivity index (χ4v) is 3.45. The average molecular weight is 358 g/mol. The smallest absolute Gasteiger partial charge is 0.219 e. The van der Waals surface area contributed by atoms with Gasteiger partial charge in [0.2, 0.25) is 5.91 Å². The molecule has 0 unspecified atom stereocenters. The maximum Gasteiger partial charge on any atom is 0.219 e. The molecule has 0 spiro atoms. The minimum absolute atomic E-state index is 0.100. The average Bonchev–Trinajstić information content (AvgIpc) is 2.72. The summed E-state index contributed by atoms with van der Waals surface area (Å²) in [5.74, 6) is 0.100. The maximum atomic E-state index is 11.2. The predicted octanol–water partition coefficient (Wildman–Crippen LogP) is 2.67. The molecule has 0 aromatic heterocycles. The fourth-order valence-electron chi connectivity index (χ4n) is 3.45. The Kier molecular flexibility index (Phi) is 5.86. The van der Waals surface area contributed by atoms with Crippen LogP contribution in [0.25, 0.3) is 0 Å². The summed E-state index contributed by atoms with van der Waals surface area (Å²) < 4.78 is 0. The standard InChI is InChI=1S/C12H12N2O.C10H10N2/c1-9(15)14-5-4-11-3-2-10(7-13)6-12(11)8-14;11-6-8-1-2-9-3-4-12-7-10(9)5-8/h2-3,6H,4-5,8H2,1H3;1-2,5,12H,3-4,7H2. The van der Waals surface area contributed by atoms with E-state index in [4.69, 9.17) is 10.5 Å². The van der Waals surface area contributed by atoms with Crippen molar-refractivity contribution in [3.8, 4) is 12.1 Å². The van der Waals surface area contributed by atoms with Crippen molar-refractivity contribution in [3.05, 3.63) is 69.8 Å². The third-order valence-corrected chi connectivity index (χ3v) is 5.01. The number of carbonyl (C=O) groups is 1. The van der Waals surface area contributed by atoms with E-state index in [1.165, 1.54) is 16.7 Å². The lowest BCUT2D eigenvalue weighted by Crippen LogP contribution is -2.34. The SMILES string of the molecule is CC(=O)N1CCc2ccc(C#N)cc2C1.N#Cc1ccc2c(c1)CNCC2. The highest BCUT2D eigenvalue weighted by Gasteiger charge is 2.17. The molecular weight excluding hydrogens is 336 g/mol. The van der Waals surface area contributed by atoms with Gasteiger partial charge >= 0.3 is 0 Å². The first-order valence-electron chi connectivity index (χ1n) is 9.10. The summed E-state index contributed by atoms with van der Waals surface area (Å²) in [7, 11) is 0. The summed E-state index contributed by atoms with van der Waals surface area (Å²) in [6.45, 7) is 4.97. The second-order valence-corrected chi connectivity index (χ2v) is 6.81. The number of hydrogen-bond acceptors (Lipinski definition) is 4. The minimum Gasteiger partial charge on any atom is -0.338 e. The van der Waals surface area contributed by atoms with Crippen LogP contribution < -0.4 is 5.32 Å². The van der Waals surface area contributed by atoms with Gasteiger partial charge in [-0.25, -0.2) is 0 Å². The van der Waals surface area contributed by atoms with Crippen LogP contribution in [0.4, 0.5) is 0 Å². The zero-order chi connectivity index (χ0) is 19.2. The van der Waals surface area contributed by atoms with Gasteiger partial charge < -0.3 is 10.2 Å². The van der Waals surface area contributed by atoms with Crippen molar-refractivity contribution < 1.29 is 4.79 Å². The number of hydrogen-bond donors (Lipinski definition) is 1. The van der Waals surface area contributed by atoms with Crippen molar-refractivity contribution in [2.45, 2.75) is 32.9 Å². The van der Waals surface area contributed by atoms with Gasteiger partial charge in [0.1, 0.15) is 0 Å². The molecule has 0 aliphatic carbocycles. The highest BCUT2D eigenvalue weighted by molar-refractivity contribution is 5.73. The van der Waals surface area contributed by atoms with Crippen LogP contribution in [0, 0.1) is 22.7 Å². The lowest BCUT2D eigenvalue weighted by atomic mass is 9.98. The first-order chi connectivity index (χ1) is 13.1. The first-order valence-corrected chi connectivity index (χ1v) is 9.10. The summed E-state index contributed by atoms with van der Waals surface area (Å²) in [4.78, 5) is 13.0. The zero-order valence-corrected chi connectivity index (χ0v) is 15.5. The summed E-state index contributed by atoms with van der Waals surface area (Å²) in [5, 5.41) is 20.7. The van der Waals surface area contributed by atoms with E-state index in [1.54, 1.807) is 6.92 Å².